The fourth-order valence-electron chi connectivity index (χ4n) is 3.27. The molecule has 0 radical (unpaired) electrons. The first-order chi connectivity index (χ1) is 15.1. The molecule has 16 heteroatoms. The highest BCUT2D eigenvalue weighted by atomic mass is 32.1. The number of rotatable bonds is 6. The molecular weight excluding hydrogens is 450 g/mol. The molecule has 0 saturated carbocycles. The summed E-state index contributed by atoms with van der Waals surface area (Å²) in [6.07, 6.45) is -2.19. The summed E-state index contributed by atoms with van der Waals surface area (Å²) in [4.78, 5) is 70.3. The van der Waals surface area contributed by atoms with E-state index in [2.05, 4.69) is 20.3 Å². The maximum Gasteiger partial charge on any atom is 0.404 e. The van der Waals surface area contributed by atoms with Crippen LogP contribution in [0.4, 0.5) is 14.7 Å². The first-order valence-corrected chi connectivity index (χ1v) is 9.94. The Balaban J connectivity index is 1.63. The molecular formula is C16H19N7O8S. The van der Waals surface area contributed by atoms with E-state index in [0.717, 1.165) is 21.1 Å². The van der Waals surface area contributed by atoms with Crippen molar-refractivity contribution in [2.45, 2.75) is 24.6 Å². The molecule has 2 aliphatic rings. The number of aromatic nitrogens is 1. The molecule has 15 nitrogen and oxygen atoms in total. The Morgan fingerprint density at radius 3 is 2.59 bits per heavy atom. The summed E-state index contributed by atoms with van der Waals surface area (Å²) in [5.74, 6) is -2.85. The predicted octanol–water partition coefficient (Wildman–Crippen LogP) is -1.85. The largest absolute Gasteiger partial charge is 0.480 e. The van der Waals surface area contributed by atoms with E-state index in [9.17, 15) is 29.1 Å². The topological polar surface area (TPSA) is 220 Å². The van der Waals surface area contributed by atoms with Gasteiger partial charge in [0.2, 0.25) is 0 Å². The summed E-state index contributed by atoms with van der Waals surface area (Å²) in [6, 6.07) is -3.24. The highest BCUT2D eigenvalue weighted by Crippen LogP contribution is 2.25. The number of urea groups is 1. The summed E-state index contributed by atoms with van der Waals surface area (Å²) >= 11 is 1.08. The average Bonchev–Trinajstić information content (AvgIpc) is 3.34. The molecule has 0 aliphatic carbocycles. The van der Waals surface area contributed by atoms with Crippen molar-refractivity contribution >= 4 is 52.1 Å². The predicted molar refractivity (Wildman–Crippen MR) is 106 cm³/mol. The Labute approximate surface area is 183 Å². The quantitative estimate of drug-likeness (QED) is 0.207. The van der Waals surface area contributed by atoms with Crippen molar-refractivity contribution in [3.05, 3.63) is 11.1 Å². The third kappa shape index (κ3) is 4.53. The molecule has 1 aromatic heterocycles. The van der Waals surface area contributed by atoms with Gasteiger partial charge in [-0.05, 0) is 0 Å². The number of aliphatic carboxylic acids is 1. The van der Waals surface area contributed by atoms with Gasteiger partial charge in [-0.2, -0.15) is 0 Å². The van der Waals surface area contributed by atoms with Crippen LogP contribution in [0.25, 0.3) is 0 Å². The van der Waals surface area contributed by atoms with Crippen LogP contribution in [0.1, 0.15) is 12.1 Å². The third-order valence-electron chi connectivity index (χ3n) is 4.70. The molecule has 32 heavy (non-hydrogen) atoms. The fourth-order valence-corrected chi connectivity index (χ4v) is 3.82. The number of carboxylic acid groups (broad SMARTS) is 1. The number of hydrogen-bond donors (Lipinski definition) is 4. The van der Waals surface area contributed by atoms with E-state index in [1.54, 1.807) is 0 Å². The van der Waals surface area contributed by atoms with E-state index in [4.69, 9.17) is 16.2 Å². The molecule has 3 atom stereocenters. The second-order valence-electron chi connectivity index (χ2n) is 6.75. The molecule has 2 aliphatic heterocycles. The van der Waals surface area contributed by atoms with Crippen LogP contribution in [0.5, 0.6) is 0 Å². The lowest BCUT2D eigenvalue weighted by atomic mass is 10.1. The standard InChI is InChI=1S/C16H19N7O8S/c1-30-21-10(8-5-32-14(17)20-8)11(24)19-7-4-23(12(7)25)16(29)22-3-6(31-15(18)28)2-9(22)13(26)27/h5-7,9H,2-4H2,1H3,(H2,17,20)(H2,18,28)(H,19,24)(H,26,27)/t6?,7-,9-/m0/s1. The first kappa shape index (κ1) is 22.7. The van der Waals surface area contributed by atoms with Gasteiger partial charge < -0.3 is 36.4 Å². The van der Waals surface area contributed by atoms with E-state index < -0.39 is 48.1 Å². The summed E-state index contributed by atoms with van der Waals surface area (Å²) in [5, 5.41) is 17.0. The lowest BCUT2D eigenvalue weighted by Gasteiger charge is -2.39. The molecule has 6 N–H and O–H groups in total. The van der Waals surface area contributed by atoms with Gasteiger partial charge in [0, 0.05) is 11.8 Å². The number of primary amides is 1. The van der Waals surface area contributed by atoms with Gasteiger partial charge in [0.05, 0.1) is 13.1 Å². The Hall–Kier alpha value is -3.95. The number of nitrogens with two attached hydrogens (primary N) is 2. The van der Waals surface area contributed by atoms with Crippen LogP contribution in [0.3, 0.4) is 0 Å². The van der Waals surface area contributed by atoms with Gasteiger partial charge in [-0.3, -0.25) is 14.5 Å². The molecule has 3 rings (SSSR count). The molecule has 2 saturated heterocycles. The highest BCUT2D eigenvalue weighted by molar-refractivity contribution is 7.13. The van der Waals surface area contributed by atoms with Crippen molar-refractivity contribution in [2.75, 3.05) is 25.9 Å². The lowest BCUT2D eigenvalue weighted by Crippen LogP contribution is -2.68. The number of nitrogens with one attached hydrogen (secondary N) is 1. The molecule has 5 amide bonds. The van der Waals surface area contributed by atoms with Gasteiger partial charge in [-0.25, -0.2) is 19.4 Å². The second-order valence-corrected chi connectivity index (χ2v) is 7.64. The van der Waals surface area contributed by atoms with Crippen LogP contribution < -0.4 is 16.8 Å². The van der Waals surface area contributed by atoms with E-state index in [0.29, 0.717) is 0 Å². The van der Waals surface area contributed by atoms with Gasteiger partial charge >= 0.3 is 18.1 Å². The minimum atomic E-state index is -1.32. The number of oxime groups is 1. The number of likely N-dealkylation sites (tertiary alicyclic amines) is 2. The molecule has 1 aromatic rings. The van der Waals surface area contributed by atoms with Crippen molar-refractivity contribution < 1.29 is 38.7 Å². The number of amides is 5. The van der Waals surface area contributed by atoms with Crippen LogP contribution in [0, 0.1) is 0 Å². The summed E-state index contributed by atoms with van der Waals surface area (Å²) in [7, 11) is 1.22. The number of ether oxygens (including phenoxy) is 1. The van der Waals surface area contributed by atoms with Crippen molar-refractivity contribution in [3.63, 3.8) is 0 Å². The normalized spacial score (nSPS) is 22.8. The number of hydrogen-bond acceptors (Lipinski definition) is 11. The summed E-state index contributed by atoms with van der Waals surface area (Å²) in [5.41, 5.74) is 10.4. The molecule has 0 spiro atoms. The minimum Gasteiger partial charge on any atom is -0.480 e. The van der Waals surface area contributed by atoms with Crippen LogP contribution in [-0.4, -0.2) is 93.9 Å². The van der Waals surface area contributed by atoms with Gasteiger partial charge in [-0.15, -0.1) is 11.3 Å². The van der Waals surface area contributed by atoms with Gasteiger partial charge in [0.15, 0.2) is 10.8 Å². The second kappa shape index (κ2) is 9.04. The Bertz CT molecular complexity index is 995. The molecule has 0 aromatic carbocycles. The summed E-state index contributed by atoms with van der Waals surface area (Å²) < 4.78 is 4.78. The van der Waals surface area contributed by atoms with Crippen LogP contribution in [0.2, 0.25) is 0 Å². The Morgan fingerprint density at radius 1 is 1.34 bits per heavy atom. The van der Waals surface area contributed by atoms with Crippen molar-refractivity contribution in [2.24, 2.45) is 10.9 Å². The van der Waals surface area contributed by atoms with Crippen LogP contribution in [0.15, 0.2) is 10.5 Å². The minimum absolute atomic E-state index is 0.147. The number of carbonyl (C=O) groups excluding carboxylic acids is 4. The molecule has 0 bridgehead atoms. The molecule has 3 heterocycles. The summed E-state index contributed by atoms with van der Waals surface area (Å²) in [6.45, 7) is -0.442. The number of carbonyl (C=O) groups is 5. The van der Waals surface area contributed by atoms with Crippen molar-refractivity contribution in [1.29, 1.82) is 0 Å². The Kier molecular flexibility index (Phi) is 6.42. The lowest BCUT2D eigenvalue weighted by molar-refractivity contribution is -0.145. The average molecular weight is 469 g/mol. The zero-order valence-corrected chi connectivity index (χ0v) is 17.4. The highest BCUT2D eigenvalue weighted by Gasteiger charge is 2.49. The Morgan fingerprint density at radius 2 is 2.06 bits per heavy atom. The van der Waals surface area contributed by atoms with E-state index in [1.165, 1.54) is 12.5 Å². The maximum atomic E-state index is 12.7. The number of thiazole rings is 1. The van der Waals surface area contributed by atoms with Crippen molar-refractivity contribution in [3.8, 4) is 0 Å². The number of nitrogen functional groups attached to an aromatic ring is 1. The van der Waals surface area contributed by atoms with Gasteiger partial charge in [0.1, 0.15) is 31.0 Å². The molecule has 2 fully saturated rings. The zero-order chi connectivity index (χ0) is 23.6. The maximum absolute atomic E-state index is 12.7. The van der Waals surface area contributed by atoms with Gasteiger partial charge in [0.25, 0.3) is 11.8 Å². The first-order valence-electron chi connectivity index (χ1n) is 9.06. The number of anilines is 1. The zero-order valence-electron chi connectivity index (χ0n) is 16.6. The SMILES string of the molecule is CON=C(C(=O)N[C@H]1CN(C(=O)N2CC(OC(N)=O)C[C@H]2C(=O)O)C1=O)c1csc(N)n1. The number of nitrogens with zero attached hydrogens (tertiary/aromatic N) is 4. The van der Waals surface area contributed by atoms with E-state index >= 15 is 0 Å². The van der Waals surface area contributed by atoms with Crippen molar-refractivity contribution in [1.82, 2.24) is 20.1 Å². The number of imide groups is 1. The van der Waals surface area contributed by atoms with E-state index in [-0.39, 0.29) is 36.0 Å². The molecule has 1 unspecified atom stereocenters. The fraction of sp³-hybridized carbons (Fsp3) is 0.438. The van der Waals surface area contributed by atoms with E-state index in [1.807, 2.05) is 0 Å². The smallest absolute Gasteiger partial charge is 0.404 e. The third-order valence-corrected chi connectivity index (χ3v) is 5.38. The monoisotopic (exact) mass is 469 g/mol. The van der Waals surface area contributed by atoms with Crippen LogP contribution >= 0.6 is 11.3 Å². The van der Waals surface area contributed by atoms with Crippen LogP contribution in [-0.2, 0) is 24.0 Å². The number of carboxylic acids is 1. The number of β-lactam (4-membered cyclic amide) rings is 1. The van der Waals surface area contributed by atoms with Gasteiger partial charge in [-0.1, -0.05) is 5.16 Å². The molecule has 172 valence electrons.